The first-order valence-electron chi connectivity index (χ1n) is 4.17. The van der Waals surface area contributed by atoms with Crippen molar-refractivity contribution in [1.29, 1.82) is 0 Å². The van der Waals surface area contributed by atoms with E-state index in [4.69, 9.17) is 21.9 Å². The Morgan fingerprint density at radius 3 is 2.64 bits per heavy atom. The monoisotopic (exact) mass is 208 g/mol. The van der Waals surface area contributed by atoms with Gasteiger partial charge in [-0.05, 0) is 18.1 Å². The largest absolute Gasteiger partial charge is 0.367 e. The van der Waals surface area contributed by atoms with Crippen molar-refractivity contribution in [2.24, 2.45) is 0 Å². The number of benzene rings is 1. The van der Waals surface area contributed by atoms with E-state index in [1.165, 1.54) is 0 Å². The van der Waals surface area contributed by atoms with Gasteiger partial charge in [-0.15, -0.1) is 0 Å². The molecule has 0 amide bonds. The molecule has 0 bridgehead atoms. The maximum absolute atomic E-state index is 5.87. The predicted molar refractivity (Wildman–Crippen MR) is 56.1 cm³/mol. The van der Waals surface area contributed by atoms with Crippen LogP contribution >= 0.6 is 11.6 Å². The van der Waals surface area contributed by atoms with Crippen LogP contribution in [0.3, 0.4) is 0 Å². The third-order valence-electron chi connectivity index (χ3n) is 2.09. The zero-order valence-corrected chi connectivity index (χ0v) is 8.38. The van der Waals surface area contributed by atoms with Gasteiger partial charge in [0.15, 0.2) is 5.15 Å². The standard InChI is InChI=1S/C10H9ClN2O/c1-6-4-2-3-5-7(6)8-9(11)13-14-10(8)12/h2-5H,12H2,1H3. The van der Waals surface area contributed by atoms with Gasteiger partial charge in [0.2, 0.25) is 5.88 Å². The summed E-state index contributed by atoms with van der Waals surface area (Å²) in [4.78, 5) is 0. The van der Waals surface area contributed by atoms with Crippen LogP contribution in [-0.4, -0.2) is 5.16 Å². The molecule has 0 fully saturated rings. The molecule has 0 atom stereocenters. The summed E-state index contributed by atoms with van der Waals surface area (Å²) < 4.78 is 4.80. The number of hydrogen-bond donors (Lipinski definition) is 1. The van der Waals surface area contributed by atoms with E-state index in [0.29, 0.717) is 10.7 Å². The number of rotatable bonds is 1. The van der Waals surface area contributed by atoms with E-state index in [1.807, 2.05) is 31.2 Å². The van der Waals surface area contributed by atoms with Crippen LogP contribution in [0.15, 0.2) is 28.8 Å². The summed E-state index contributed by atoms with van der Waals surface area (Å²) in [5.41, 5.74) is 8.34. The Labute approximate surface area is 86.5 Å². The lowest BCUT2D eigenvalue weighted by atomic mass is 10.0. The van der Waals surface area contributed by atoms with Crippen molar-refractivity contribution in [3.63, 3.8) is 0 Å². The average molecular weight is 209 g/mol. The Hall–Kier alpha value is -1.48. The molecule has 0 unspecified atom stereocenters. The number of aryl methyl sites for hydroxylation is 1. The molecule has 2 aromatic rings. The molecule has 0 aliphatic heterocycles. The van der Waals surface area contributed by atoms with Gasteiger partial charge in [0.05, 0.1) is 5.56 Å². The third kappa shape index (κ3) is 1.36. The predicted octanol–water partition coefficient (Wildman–Crippen LogP) is 2.89. The molecule has 1 aromatic heterocycles. The minimum Gasteiger partial charge on any atom is -0.367 e. The van der Waals surface area contributed by atoms with E-state index in [1.54, 1.807) is 0 Å². The zero-order valence-electron chi connectivity index (χ0n) is 7.62. The topological polar surface area (TPSA) is 52.0 Å². The highest BCUT2D eigenvalue weighted by atomic mass is 35.5. The Balaban J connectivity index is 2.66. The highest BCUT2D eigenvalue weighted by Gasteiger charge is 2.14. The number of halogens is 1. The molecule has 1 aromatic carbocycles. The van der Waals surface area contributed by atoms with Crippen molar-refractivity contribution in [2.75, 3.05) is 5.73 Å². The van der Waals surface area contributed by atoms with Crippen LogP contribution in [0, 0.1) is 6.92 Å². The fraction of sp³-hybridized carbons (Fsp3) is 0.100. The van der Waals surface area contributed by atoms with Crippen molar-refractivity contribution < 1.29 is 4.52 Å². The van der Waals surface area contributed by atoms with Crippen molar-refractivity contribution >= 4 is 17.5 Å². The summed E-state index contributed by atoms with van der Waals surface area (Å²) >= 11 is 5.87. The van der Waals surface area contributed by atoms with Crippen molar-refractivity contribution in [3.8, 4) is 11.1 Å². The van der Waals surface area contributed by atoms with Gasteiger partial charge in [0, 0.05) is 0 Å². The van der Waals surface area contributed by atoms with Gasteiger partial charge < -0.3 is 10.3 Å². The van der Waals surface area contributed by atoms with Crippen molar-refractivity contribution in [3.05, 3.63) is 35.0 Å². The molecule has 72 valence electrons. The van der Waals surface area contributed by atoms with E-state index < -0.39 is 0 Å². The molecule has 0 aliphatic carbocycles. The molecule has 1 heterocycles. The van der Waals surface area contributed by atoms with Gasteiger partial charge in [-0.2, -0.15) is 0 Å². The number of aromatic nitrogens is 1. The minimum absolute atomic E-state index is 0.254. The number of nitrogens with zero attached hydrogens (tertiary/aromatic N) is 1. The molecule has 0 aliphatic rings. The second-order valence-electron chi connectivity index (χ2n) is 3.03. The molecule has 3 nitrogen and oxygen atoms in total. The summed E-state index contributed by atoms with van der Waals surface area (Å²) in [6.45, 7) is 1.98. The first-order valence-corrected chi connectivity index (χ1v) is 4.54. The van der Waals surface area contributed by atoms with E-state index >= 15 is 0 Å². The fourth-order valence-electron chi connectivity index (χ4n) is 1.38. The number of hydrogen-bond acceptors (Lipinski definition) is 3. The van der Waals surface area contributed by atoms with Gasteiger partial charge in [-0.25, -0.2) is 0 Å². The molecular weight excluding hydrogens is 200 g/mol. The van der Waals surface area contributed by atoms with Gasteiger partial charge in [0.25, 0.3) is 0 Å². The summed E-state index contributed by atoms with van der Waals surface area (Å²) in [5.74, 6) is 0.254. The molecule has 2 N–H and O–H groups in total. The van der Waals surface area contributed by atoms with Gasteiger partial charge in [0.1, 0.15) is 0 Å². The first-order chi connectivity index (χ1) is 6.70. The molecule has 0 saturated heterocycles. The maximum Gasteiger partial charge on any atom is 0.231 e. The quantitative estimate of drug-likeness (QED) is 0.784. The SMILES string of the molecule is Cc1ccccc1-c1c(Cl)noc1N. The second kappa shape index (κ2) is 3.35. The van der Waals surface area contributed by atoms with Crippen LogP contribution < -0.4 is 5.73 Å². The third-order valence-corrected chi connectivity index (χ3v) is 2.35. The fourth-order valence-corrected chi connectivity index (χ4v) is 1.61. The molecule has 4 heteroatoms. The number of nitrogen functional groups attached to an aromatic ring is 1. The number of anilines is 1. The van der Waals surface area contributed by atoms with Gasteiger partial charge >= 0.3 is 0 Å². The van der Waals surface area contributed by atoms with Crippen LogP contribution in [0.1, 0.15) is 5.56 Å². The Morgan fingerprint density at radius 1 is 1.36 bits per heavy atom. The van der Waals surface area contributed by atoms with E-state index in [9.17, 15) is 0 Å². The average Bonchev–Trinajstić information content (AvgIpc) is 2.48. The summed E-state index contributed by atoms with van der Waals surface area (Å²) in [5, 5.41) is 3.90. The molecule has 0 radical (unpaired) electrons. The Bertz CT molecular complexity index is 445. The number of nitrogens with two attached hydrogens (primary N) is 1. The molecular formula is C10H9ClN2O. The van der Waals surface area contributed by atoms with Crippen molar-refractivity contribution in [2.45, 2.75) is 6.92 Å². The lowest BCUT2D eigenvalue weighted by molar-refractivity contribution is 0.437. The van der Waals surface area contributed by atoms with E-state index in [0.717, 1.165) is 11.1 Å². The normalized spacial score (nSPS) is 10.4. The summed E-state index contributed by atoms with van der Waals surface area (Å²) in [7, 11) is 0. The van der Waals surface area contributed by atoms with Crippen LogP contribution in [0.25, 0.3) is 11.1 Å². The van der Waals surface area contributed by atoms with E-state index in [2.05, 4.69) is 5.16 Å². The second-order valence-corrected chi connectivity index (χ2v) is 3.39. The Morgan fingerprint density at radius 2 is 2.07 bits per heavy atom. The summed E-state index contributed by atoms with van der Waals surface area (Å²) in [6, 6.07) is 7.80. The molecule has 0 saturated carbocycles. The van der Waals surface area contributed by atoms with E-state index in [-0.39, 0.29) is 5.88 Å². The van der Waals surface area contributed by atoms with Gasteiger partial charge in [-0.3, -0.25) is 0 Å². The van der Waals surface area contributed by atoms with Gasteiger partial charge in [-0.1, -0.05) is 41.0 Å². The van der Waals surface area contributed by atoms with Crippen LogP contribution in [0.2, 0.25) is 5.15 Å². The lowest BCUT2D eigenvalue weighted by Gasteiger charge is -2.02. The minimum atomic E-state index is 0.254. The van der Waals surface area contributed by atoms with Crippen LogP contribution in [-0.2, 0) is 0 Å². The van der Waals surface area contributed by atoms with Crippen LogP contribution in [0.5, 0.6) is 0 Å². The molecule has 14 heavy (non-hydrogen) atoms. The Kier molecular flexibility index (Phi) is 2.17. The first kappa shape index (κ1) is 9.09. The van der Waals surface area contributed by atoms with Crippen molar-refractivity contribution in [1.82, 2.24) is 5.16 Å². The highest BCUT2D eigenvalue weighted by Crippen LogP contribution is 2.34. The van der Waals surface area contributed by atoms with Crippen LogP contribution in [0.4, 0.5) is 5.88 Å². The lowest BCUT2D eigenvalue weighted by Crippen LogP contribution is -1.87. The molecule has 2 rings (SSSR count). The molecule has 0 spiro atoms. The maximum atomic E-state index is 5.87. The zero-order chi connectivity index (χ0) is 10.1. The smallest absolute Gasteiger partial charge is 0.231 e. The highest BCUT2D eigenvalue weighted by molar-refractivity contribution is 6.32. The summed E-state index contributed by atoms with van der Waals surface area (Å²) in [6.07, 6.45) is 0.